The van der Waals surface area contributed by atoms with Gasteiger partial charge in [0.05, 0.1) is 6.20 Å². The molecule has 2 nitrogen and oxygen atoms in total. The van der Waals surface area contributed by atoms with Crippen LogP contribution in [0.2, 0.25) is 0 Å². The fraction of sp³-hybridized carbons (Fsp3) is 0.500. The van der Waals surface area contributed by atoms with Crippen LogP contribution in [0.4, 0.5) is 0 Å². The average molecular weight is 109 g/mol. The van der Waals surface area contributed by atoms with Crippen LogP contribution in [0.15, 0.2) is 6.08 Å². The normalized spacial score (nSPS) is 26.1. The zero-order valence-electron chi connectivity index (χ0n) is 4.72. The minimum Gasteiger partial charge on any atom is -0.292 e. The van der Waals surface area contributed by atoms with Crippen LogP contribution in [-0.2, 0) is 4.79 Å². The summed E-state index contributed by atoms with van der Waals surface area (Å²) in [6, 6.07) is -0.116. The Morgan fingerprint density at radius 3 is 3.00 bits per heavy atom. The Balaban J connectivity index is 2.51. The maximum Gasteiger partial charge on any atom is 0.182 e. The molecule has 42 valence electrons. The number of carbonyl (C=O) groups excluding carboxylic acids is 1. The number of nitrogens with zero attached hydrogens (tertiary/aromatic N) is 1. The van der Waals surface area contributed by atoms with E-state index in [1.54, 1.807) is 0 Å². The lowest BCUT2D eigenvalue weighted by atomic mass is 10.2. The molecule has 1 atom stereocenters. The van der Waals surface area contributed by atoms with Gasteiger partial charge in [0.25, 0.3) is 0 Å². The van der Waals surface area contributed by atoms with Gasteiger partial charge in [0.2, 0.25) is 0 Å². The van der Waals surface area contributed by atoms with Crippen LogP contribution in [-0.4, -0.2) is 11.8 Å². The van der Waals surface area contributed by atoms with E-state index in [9.17, 15) is 4.79 Å². The highest BCUT2D eigenvalue weighted by atomic mass is 16.1. The average Bonchev–Trinajstić information content (AvgIpc) is 2.14. The molecule has 1 aliphatic rings. The number of ketones is 1. The van der Waals surface area contributed by atoms with E-state index in [0.29, 0.717) is 0 Å². The first kappa shape index (κ1) is 5.35. The summed E-state index contributed by atoms with van der Waals surface area (Å²) in [6.45, 7) is 1.94. The molecule has 0 aliphatic carbocycles. The lowest BCUT2D eigenvalue weighted by Crippen LogP contribution is -2.19. The van der Waals surface area contributed by atoms with Gasteiger partial charge >= 0.3 is 0 Å². The maximum atomic E-state index is 10.6. The van der Waals surface area contributed by atoms with Gasteiger partial charge in [-0.3, -0.25) is 10.1 Å². The summed E-state index contributed by atoms with van der Waals surface area (Å²) < 4.78 is 0. The zero-order chi connectivity index (χ0) is 5.98. The molecule has 2 heteroatoms. The van der Waals surface area contributed by atoms with Gasteiger partial charge < -0.3 is 0 Å². The van der Waals surface area contributed by atoms with Crippen LogP contribution in [0.25, 0.3) is 0 Å². The molecule has 0 aromatic heterocycles. The molecule has 1 aliphatic heterocycles. The maximum absolute atomic E-state index is 10.6. The quantitative estimate of drug-likeness (QED) is 0.475. The van der Waals surface area contributed by atoms with Crippen LogP contribution in [0, 0.1) is 6.20 Å². The molecule has 1 rings (SSSR count). The van der Waals surface area contributed by atoms with Gasteiger partial charge in [-0.1, -0.05) is 6.92 Å². The standard InChI is InChI=1S/C6H7NO/c1-2-5-6(8)3-4-7-5/h3,5H,2H2,1H3. The van der Waals surface area contributed by atoms with Crippen molar-refractivity contribution in [1.29, 1.82) is 0 Å². The van der Waals surface area contributed by atoms with E-state index < -0.39 is 0 Å². The minimum absolute atomic E-state index is 0.0903. The second kappa shape index (κ2) is 1.99. The number of rotatable bonds is 1. The van der Waals surface area contributed by atoms with Crippen molar-refractivity contribution < 1.29 is 4.79 Å². The zero-order valence-corrected chi connectivity index (χ0v) is 4.72. The van der Waals surface area contributed by atoms with Gasteiger partial charge in [-0.25, -0.2) is 0 Å². The molecule has 0 aromatic carbocycles. The predicted octanol–water partition coefficient (Wildman–Crippen LogP) is 0.269. The highest BCUT2D eigenvalue weighted by molar-refractivity contribution is 5.95. The second-order valence-corrected chi connectivity index (χ2v) is 1.73. The molecular weight excluding hydrogens is 102 g/mol. The number of carbonyl (C=O) groups is 1. The summed E-state index contributed by atoms with van der Waals surface area (Å²) in [6.07, 6.45) is 4.71. The summed E-state index contributed by atoms with van der Waals surface area (Å²) in [5.74, 6) is 0.0903. The van der Waals surface area contributed by atoms with Crippen LogP contribution in [0.3, 0.4) is 0 Å². The molecule has 0 amide bonds. The Hall–Kier alpha value is -0.790. The third-order valence-electron chi connectivity index (χ3n) is 1.15. The SMILES string of the molecule is CCC1[N][C]=CC1=O. The molecule has 0 saturated heterocycles. The molecule has 0 N–H and O–H groups in total. The van der Waals surface area contributed by atoms with Crippen LogP contribution >= 0.6 is 0 Å². The molecular formula is C6H7NO. The molecule has 0 aromatic rings. The third kappa shape index (κ3) is 0.735. The van der Waals surface area contributed by atoms with E-state index in [1.165, 1.54) is 6.08 Å². The summed E-state index contributed by atoms with van der Waals surface area (Å²) in [5.41, 5.74) is 0. The summed E-state index contributed by atoms with van der Waals surface area (Å²) in [4.78, 5) is 10.6. The lowest BCUT2D eigenvalue weighted by Gasteiger charge is -1.98. The predicted molar refractivity (Wildman–Crippen MR) is 29.0 cm³/mol. The van der Waals surface area contributed by atoms with Gasteiger partial charge in [0, 0.05) is 6.08 Å². The van der Waals surface area contributed by atoms with E-state index in [1.807, 2.05) is 6.92 Å². The van der Waals surface area contributed by atoms with Crippen LogP contribution in [0.1, 0.15) is 13.3 Å². The number of hydrogen-bond acceptors (Lipinski definition) is 1. The first-order chi connectivity index (χ1) is 3.84. The molecule has 1 unspecified atom stereocenters. The Kier molecular flexibility index (Phi) is 1.33. The fourth-order valence-corrected chi connectivity index (χ4v) is 0.643. The first-order valence-corrected chi connectivity index (χ1v) is 2.67. The van der Waals surface area contributed by atoms with Gasteiger partial charge in [0.1, 0.15) is 6.04 Å². The van der Waals surface area contributed by atoms with Gasteiger partial charge in [-0.05, 0) is 6.42 Å². The van der Waals surface area contributed by atoms with Gasteiger partial charge in [-0.2, -0.15) is 0 Å². The largest absolute Gasteiger partial charge is 0.292 e. The van der Waals surface area contributed by atoms with Crippen molar-refractivity contribution in [1.82, 2.24) is 5.32 Å². The van der Waals surface area contributed by atoms with E-state index >= 15 is 0 Å². The van der Waals surface area contributed by atoms with Crippen LogP contribution < -0.4 is 5.32 Å². The van der Waals surface area contributed by atoms with Gasteiger partial charge in [-0.15, -0.1) is 0 Å². The Morgan fingerprint density at radius 2 is 2.75 bits per heavy atom. The van der Waals surface area contributed by atoms with E-state index in [4.69, 9.17) is 0 Å². The summed E-state index contributed by atoms with van der Waals surface area (Å²) >= 11 is 0. The Labute approximate surface area is 48.6 Å². The minimum atomic E-state index is -0.116. The number of hydrogen-bond donors (Lipinski definition) is 0. The monoisotopic (exact) mass is 109 g/mol. The molecule has 0 fully saturated rings. The van der Waals surface area contributed by atoms with E-state index in [0.717, 1.165) is 6.42 Å². The smallest absolute Gasteiger partial charge is 0.182 e. The topological polar surface area (TPSA) is 31.2 Å². The van der Waals surface area contributed by atoms with E-state index in [2.05, 4.69) is 11.5 Å². The van der Waals surface area contributed by atoms with Gasteiger partial charge in [0.15, 0.2) is 5.78 Å². The lowest BCUT2D eigenvalue weighted by molar-refractivity contribution is -0.115. The van der Waals surface area contributed by atoms with Crippen LogP contribution in [0.5, 0.6) is 0 Å². The second-order valence-electron chi connectivity index (χ2n) is 1.73. The van der Waals surface area contributed by atoms with Crippen molar-refractivity contribution in [2.75, 3.05) is 0 Å². The third-order valence-corrected chi connectivity index (χ3v) is 1.15. The summed E-state index contributed by atoms with van der Waals surface area (Å²) in [5, 5.41) is 3.78. The molecule has 8 heavy (non-hydrogen) atoms. The van der Waals surface area contributed by atoms with Crippen molar-refractivity contribution in [3.05, 3.63) is 12.3 Å². The fourth-order valence-electron chi connectivity index (χ4n) is 0.643. The molecule has 0 bridgehead atoms. The first-order valence-electron chi connectivity index (χ1n) is 2.67. The van der Waals surface area contributed by atoms with E-state index in [-0.39, 0.29) is 11.8 Å². The van der Waals surface area contributed by atoms with Crippen molar-refractivity contribution in [3.8, 4) is 0 Å². The van der Waals surface area contributed by atoms with Crippen molar-refractivity contribution in [3.63, 3.8) is 0 Å². The Bertz CT molecular complexity index is 128. The molecule has 1 heterocycles. The Morgan fingerprint density at radius 1 is 2.00 bits per heavy atom. The van der Waals surface area contributed by atoms with Crippen molar-refractivity contribution >= 4 is 5.78 Å². The molecule has 0 saturated carbocycles. The van der Waals surface area contributed by atoms with Crippen molar-refractivity contribution in [2.45, 2.75) is 19.4 Å². The van der Waals surface area contributed by atoms with Crippen molar-refractivity contribution in [2.24, 2.45) is 0 Å². The highest BCUT2D eigenvalue weighted by Gasteiger charge is 2.17. The molecule has 0 spiro atoms. The highest BCUT2D eigenvalue weighted by Crippen LogP contribution is 2.00. The molecule has 2 radical (unpaired) electrons. The summed E-state index contributed by atoms with van der Waals surface area (Å²) in [7, 11) is 0.